The molecule has 0 heterocycles. The van der Waals surface area contributed by atoms with Crippen molar-refractivity contribution in [3.8, 4) is 0 Å². The van der Waals surface area contributed by atoms with Crippen molar-refractivity contribution < 1.29 is 63.3 Å². The lowest BCUT2D eigenvalue weighted by Crippen LogP contribution is -2.59. The highest BCUT2D eigenvalue weighted by molar-refractivity contribution is 5.97. The molecule has 0 saturated heterocycles. The Labute approximate surface area is 305 Å². The number of aliphatic carboxylic acids is 3. The molecule has 22 heteroatoms. The zero-order valence-electron chi connectivity index (χ0n) is 30.4. The quantitative estimate of drug-likeness (QED) is 0.0392. The number of carbonyl (C=O) groups excluding carboxylic acids is 7. The van der Waals surface area contributed by atoms with E-state index in [2.05, 4.69) is 37.2 Å². The van der Waals surface area contributed by atoms with Gasteiger partial charge in [-0.05, 0) is 73.3 Å². The summed E-state index contributed by atoms with van der Waals surface area (Å²) < 4.78 is 0. The highest BCUT2D eigenvalue weighted by Gasteiger charge is 2.32. The van der Waals surface area contributed by atoms with E-state index in [1.165, 1.54) is 27.7 Å². The second-order valence-electron chi connectivity index (χ2n) is 12.4. The molecule has 0 aliphatic heterocycles. The predicted molar refractivity (Wildman–Crippen MR) is 184 cm³/mol. The van der Waals surface area contributed by atoms with Crippen LogP contribution < -0.4 is 48.7 Å². The molecule has 0 bridgehead atoms. The lowest BCUT2D eigenvalue weighted by molar-refractivity contribution is -0.142. The van der Waals surface area contributed by atoms with Gasteiger partial charge in [0.05, 0.1) is 6.04 Å². The SMILES string of the molecule is C[C@H](N)C(=O)N[C@@H](C)C(=O)N[C@@H](CCCCN)C(=O)N[C@@H](CCC(=O)O)C(=O)N[C@@H](C)C(=O)N[C@@H](C)C(=O)N[C@@H](CCC(=O)O)C(=O)N[C@@H](C)C(=O)O. The van der Waals surface area contributed by atoms with Crippen LogP contribution in [0.4, 0.5) is 0 Å². The Kier molecular flexibility index (Phi) is 21.5. The lowest BCUT2D eigenvalue weighted by atomic mass is 10.1. The molecule has 53 heavy (non-hydrogen) atoms. The van der Waals surface area contributed by atoms with Crippen LogP contribution in [0.1, 0.15) is 79.6 Å². The molecule has 22 nitrogen and oxygen atoms in total. The van der Waals surface area contributed by atoms with Gasteiger partial charge < -0.3 is 64.0 Å². The fourth-order valence-electron chi connectivity index (χ4n) is 4.27. The minimum absolute atomic E-state index is 0.0617. The number of hydrogen-bond donors (Lipinski definition) is 12. The van der Waals surface area contributed by atoms with E-state index in [-0.39, 0.29) is 13.0 Å². The van der Waals surface area contributed by atoms with E-state index >= 15 is 0 Å². The maximum Gasteiger partial charge on any atom is 0.325 e. The molecule has 0 aliphatic carbocycles. The summed E-state index contributed by atoms with van der Waals surface area (Å²) >= 11 is 0. The molecule has 14 N–H and O–H groups in total. The van der Waals surface area contributed by atoms with E-state index < -0.39 is 133 Å². The number of unbranched alkanes of at least 4 members (excludes halogenated alkanes) is 1. The minimum atomic E-state index is -1.51. The van der Waals surface area contributed by atoms with Crippen LogP contribution in [0.3, 0.4) is 0 Å². The van der Waals surface area contributed by atoms with Crippen molar-refractivity contribution in [3.63, 3.8) is 0 Å². The van der Waals surface area contributed by atoms with Gasteiger partial charge in [0.2, 0.25) is 41.4 Å². The molecule has 7 amide bonds. The van der Waals surface area contributed by atoms with Gasteiger partial charge in [-0.1, -0.05) is 0 Å². The number of nitrogens with one attached hydrogen (secondary N) is 7. The number of amides is 7. The summed E-state index contributed by atoms with van der Waals surface area (Å²) in [6.07, 6.45) is -1.06. The molecule has 0 aromatic carbocycles. The van der Waals surface area contributed by atoms with Gasteiger partial charge in [0.1, 0.15) is 42.3 Å². The smallest absolute Gasteiger partial charge is 0.325 e. The average molecular weight is 760 g/mol. The molecule has 0 radical (unpaired) electrons. The van der Waals surface area contributed by atoms with Crippen LogP contribution in [-0.4, -0.2) is 129 Å². The van der Waals surface area contributed by atoms with E-state index in [0.29, 0.717) is 12.8 Å². The first-order chi connectivity index (χ1) is 24.6. The standard InChI is InChI=1S/C31H53N9O13/c1-14(33)24(45)34-16(3)26(47)38-19(8-6-7-13-32)30(51)40-21(10-12-23(43)44)28(49)36-15(2)25(46)35-17(4)27(48)39-20(9-11-22(41)42)29(50)37-18(5)31(52)53/h14-21H,6-13,32-33H2,1-5H3,(H,34,45)(H,35,46)(H,36,49)(H,37,50)(H,38,47)(H,39,48)(H,40,51)(H,41,42)(H,43,44)(H,52,53)/t14-,15-,16-,17-,18-,19-,20-,21-/m0/s1. The largest absolute Gasteiger partial charge is 0.481 e. The van der Waals surface area contributed by atoms with Crippen LogP contribution in [0.25, 0.3) is 0 Å². The molecule has 0 unspecified atom stereocenters. The van der Waals surface area contributed by atoms with Crippen molar-refractivity contribution in [2.24, 2.45) is 11.5 Å². The zero-order valence-corrected chi connectivity index (χ0v) is 30.4. The van der Waals surface area contributed by atoms with E-state index in [4.69, 9.17) is 21.7 Å². The Morgan fingerprint density at radius 3 is 1.15 bits per heavy atom. The molecule has 0 fully saturated rings. The first kappa shape index (κ1) is 47.6. The van der Waals surface area contributed by atoms with Crippen LogP contribution in [0.2, 0.25) is 0 Å². The summed E-state index contributed by atoms with van der Waals surface area (Å²) in [5, 5.41) is 43.6. The van der Waals surface area contributed by atoms with Gasteiger partial charge in [0, 0.05) is 12.8 Å². The highest BCUT2D eigenvalue weighted by atomic mass is 16.4. The second-order valence-corrected chi connectivity index (χ2v) is 12.4. The third-order valence-corrected chi connectivity index (χ3v) is 7.54. The van der Waals surface area contributed by atoms with Crippen molar-refractivity contribution in [2.45, 2.75) is 128 Å². The molecular weight excluding hydrogens is 706 g/mol. The topological polar surface area (TPSA) is 368 Å². The van der Waals surface area contributed by atoms with Crippen molar-refractivity contribution in [1.82, 2.24) is 37.2 Å². The Morgan fingerprint density at radius 2 is 0.774 bits per heavy atom. The molecule has 0 aromatic heterocycles. The van der Waals surface area contributed by atoms with Crippen molar-refractivity contribution in [3.05, 3.63) is 0 Å². The molecule has 8 atom stereocenters. The summed E-state index contributed by atoms with van der Waals surface area (Å²) in [6, 6.07) is -10.3. The van der Waals surface area contributed by atoms with Gasteiger partial charge in [-0.25, -0.2) is 0 Å². The van der Waals surface area contributed by atoms with Crippen molar-refractivity contribution >= 4 is 59.3 Å². The van der Waals surface area contributed by atoms with Gasteiger partial charge in [-0.2, -0.15) is 0 Å². The molecule has 0 rings (SSSR count). The third kappa shape index (κ3) is 19.1. The fraction of sp³-hybridized carbons (Fsp3) is 0.677. The summed E-state index contributed by atoms with van der Waals surface area (Å²) in [4.78, 5) is 123. The fourth-order valence-corrected chi connectivity index (χ4v) is 4.27. The molecule has 0 spiro atoms. The van der Waals surface area contributed by atoms with Gasteiger partial charge in [-0.3, -0.25) is 47.9 Å². The normalized spacial score (nSPS) is 15.3. The minimum Gasteiger partial charge on any atom is -0.481 e. The average Bonchev–Trinajstić information content (AvgIpc) is 3.06. The van der Waals surface area contributed by atoms with Gasteiger partial charge >= 0.3 is 17.9 Å². The van der Waals surface area contributed by atoms with Crippen LogP contribution in [-0.2, 0) is 47.9 Å². The summed E-state index contributed by atoms with van der Waals surface area (Å²) in [6.45, 7) is 6.64. The first-order valence-electron chi connectivity index (χ1n) is 16.9. The van der Waals surface area contributed by atoms with Crippen LogP contribution in [0.5, 0.6) is 0 Å². The van der Waals surface area contributed by atoms with Gasteiger partial charge in [-0.15, -0.1) is 0 Å². The Bertz CT molecular complexity index is 1340. The number of carboxylic acid groups (broad SMARTS) is 3. The zero-order chi connectivity index (χ0) is 41.0. The highest BCUT2D eigenvalue weighted by Crippen LogP contribution is 2.06. The molecule has 0 aromatic rings. The van der Waals surface area contributed by atoms with Crippen molar-refractivity contribution in [1.29, 1.82) is 0 Å². The van der Waals surface area contributed by atoms with E-state index in [0.717, 1.165) is 6.92 Å². The number of nitrogens with two attached hydrogens (primary N) is 2. The summed E-state index contributed by atoms with van der Waals surface area (Å²) in [5.41, 5.74) is 11.1. The van der Waals surface area contributed by atoms with Crippen molar-refractivity contribution in [2.75, 3.05) is 6.54 Å². The predicted octanol–water partition coefficient (Wildman–Crippen LogP) is -4.25. The van der Waals surface area contributed by atoms with Crippen LogP contribution in [0.15, 0.2) is 0 Å². The molecule has 0 aliphatic rings. The maximum atomic E-state index is 13.3. The summed E-state index contributed by atoms with van der Waals surface area (Å²) in [7, 11) is 0. The van der Waals surface area contributed by atoms with E-state index in [1.54, 1.807) is 0 Å². The third-order valence-electron chi connectivity index (χ3n) is 7.54. The van der Waals surface area contributed by atoms with Gasteiger partial charge in [0.25, 0.3) is 0 Å². The Morgan fingerprint density at radius 1 is 0.453 bits per heavy atom. The van der Waals surface area contributed by atoms with Gasteiger partial charge in [0.15, 0.2) is 0 Å². The number of carbonyl (C=O) groups is 10. The number of rotatable bonds is 25. The summed E-state index contributed by atoms with van der Waals surface area (Å²) in [5.74, 6) is -10.1. The second kappa shape index (κ2) is 24.0. The monoisotopic (exact) mass is 759 g/mol. The maximum absolute atomic E-state index is 13.3. The molecular formula is C31H53N9O13. The Hall–Kier alpha value is -5.38. The number of hydrogen-bond acceptors (Lipinski definition) is 12. The van der Waals surface area contributed by atoms with E-state index in [1.807, 2.05) is 0 Å². The molecule has 0 saturated carbocycles. The van der Waals surface area contributed by atoms with Crippen LogP contribution in [0, 0.1) is 0 Å². The first-order valence-corrected chi connectivity index (χ1v) is 16.9. The number of carboxylic acids is 3. The lowest BCUT2D eigenvalue weighted by Gasteiger charge is -2.26. The Balaban J connectivity index is 5.75. The van der Waals surface area contributed by atoms with Crippen LogP contribution >= 0.6 is 0 Å². The molecule has 300 valence electrons. The van der Waals surface area contributed by atoms with E-state index in [9.17, 15) is 53.1 Å².